The molecule has 1 aromatic heterocycles. The summed E-state index contributed by atoms with van der Waals surface area (Å²) < 4.78 is 0.924. The SMILES string of the molecule is Nc1nc2ccc(C(=O)NCC3CCCC(O)C3)cc2s1. The number of amides is 1. The van der Waals surface area contributed by atoms with Crippen molar-refractivity contribution >= 4 is 32.6 Å². The van der Waals surface area contributed by atoms with Crippen LogP contribution in [0, 0.1) is 5.92 Å². The third kappa shape index (κ3) is 3.33. The molecule has 1 fully saturated rings. The first-order chi connectivity index (χ1) is 10.1. The van der Waals surface area contributed by atoms with Gasteiger partial charge in [0, 0.05) is 12.1 Å². The number of hydrogen-bond acceptors (Lipinski definition) is 5. The number of aromatic nitrogens is 1. The van der Waals surface area contributed by atoms with Gasteiger partial charge in [0.05, 0.1) is 16.3 Å². The Kier molecular flexibility index (Phi) is 4.07. The Morgan fingerprint density at radius 2 is 2.33 bits per heavy atom. The van der Waals surface area contributed by atoms with Crippen LogP contribution in [0.1, 0.15) is 36.0 Å². The van der Waals surface area contributed by atoms with Gasteiger partial charge in [-0.2, -0.15) is 0 Å². The lowest BCUT2D eigenvalue weighted by molar-refractivity contribution is 0.0874. The first kappa shape index (κ1) is 14.3. The molecule has 5 nitrogen and oxygen atoms in total. The van der Waals surface area contributed by atoms with Crippen LogP contribution in [0.4, 0.5) is 5.13 Å². The van der Waals surface area contributed by atoms with Crippen molar-refractivity contribution in [1.82, 2.24) is 10.3 Å². The zero-order chi connectivity index (χ0) is 14.8. The van der Waals surface area contributed by atoms with E-state index in [1.54, 1.807) is 6.07 Å². The number of anilines is 1. The Hall–Kier alpha value is -1.66. The molecule has 1 saturated carbocycles. The van der Waals surface area contributed by atoms with Crippen LogP contribution in [0.25, 0.3) is 10.2 Å². The fourth-order valence-corrected chi connectivity index (χ4v) is 3.64. The van der Waals surface area contributed by atoms with Crippen molar-refractivity contribution in [2.24, 2.45) is 5.92 Å². The molecule has 0 spiro atoms. The average molecular weight is 305 g/mol. The predicted octanol–water partition coefficient (Wildman–Crippen LogP) is 2.16. The highest BCUT2D eigenvalue weighted by molar-refractivity contribution is 7.22. The molecular weight excluding hydrogens is 286 g/mol. The molecular formula is C15H19N3O2S. The number of aliphatic hydroxyl groups excluding tert-OH is 1. The summed E-state index contributed by atoms with van der Waals surface area (Å²) in [5.74, 6) is 0.296. The number of aliphatic hydroxyl groups is 1. The van der Waals surface area contributed by atoms with Crippen molar-refractivity contribution in [2.75, 3.05) is 12.3 Å². The van der Waals surface area contributed by atoms with Gasteiger partial charge in [0.25, 0.3) is 5.91 Å². The Morgan fingerprint density at radius 3 is 3.14 bits per heavy atom. The number of thiazole rings is 1. The Bertz CT molecular complexity index is 655. The number of carbonyl (C=O) groups excluding carboxylic acids is 1. The molecule has 21 heavy (non-hydrogen) atoms. The van der Waals surface area contributed by atoms with Crippen LogP contribution in [-0.2, 0) is 0 Å². The van der Waals surface area contributed by atoms with Gasteiger partial charge in [-0.05, 0) is 43.4 Å². The zero-order valence-electron chi connectivity index (χ0n) is 11.7. The van der Waals surface area contributed by atoms with Crippen molar-refractivity contribution in [3.05, 3.63) is 23.8 Å². The normalized spacial score (nSPS) is 22.3. The van der Waals surface area contributed by atoms with Gasteiger partial charge in [-0.15, -0.1) is 0 Å². The molecule has 2 unspecified atom stereocenters. The number of benzene rings is 1. The summed E-state index contributed by atoms with van der Waals surface area (Å²) in [4.78, 5) is 16.4. The molecule has 2 atom stereocenters. The third-order valence-electron chi connectivity index (χ3n) is 3.97. The van der Waals surface area contributed by atoms with E-state index in [0.29, 0.717) is 23.2 Å². The lowest BCUT2D eigenvalue weighted by atomic mass is 9.87. The van der Waals surface area contributed by atoms with E-state index in [1.807, 2.05) is 12.1 Å². The maximum atomic E-state index is 12.2. The van der Waals surface area contributed by atoms with Crippen LogP contribution in [-0.4, -0.2) is 28.6 Å². The van der Waals surface area contributed by atoms with Crippen LogP contribution < -0.4 is 11.1 Å². The fourth-order valence-electron chi connectivity index (χ4n) is 2.87. The lowest BCUT2D eigenvalue weighted by Gasteiger charge is -2.25. The zero-order valence-corrected chi connectivity index (χ0v) is 12.5. The second-order valence-electron chi connectivity index (χ2n) is 5.63. The highest BCUT2D eigenvalue weighted by atomic mass is 32.1. The number of nitrogens with two attached hydrogens (primary N) is 1. The summed E-state index contributed by atoms with van der Waals surface area (Å²) in [6.07, 6.45) is 3.56. The van der Waals surface area contributed by atoms with Gasteiger partial charge >= 0.3 is 0 Å². The second kappa shape index (κ2) is 5.99. The number of carbonyl (C=O) groups is 1. The average Bonchev–Trinajstić information content (AvgIpc) is 2.84. The van der Waals surface area contributed by atoms with Gasteiger partial charge in [-0.3, -0.25) is 4.79 Å². The molecule has 0 saturated heterocycles. The van der Waals surface area contributed by atoms with E-state index < -0.39 is 0 Å². The quantitative estimate of drug-likeness (QED) is 0.811. The monoisotopic (exact) mass is 305 g/mol. The van der Waals surface area contributed by atoms with E-state index in [0.717, 1.165) is 35.9 Å². The molecule has 1 aliphatic carbocycles. The topological polar surface area (TPSA) is 88.2 Å². The minimum absolute atomic E-state index is 0.0797. The summed E-state index contributed by atoms with van der Waals surface area (Å²) in [7, 11) is 0. The second-order valence-corrected chi connectivity index (χ2v) is 6.69. The largest absolute Gasteiger partial charge is 0.393 e. The minimum atomic E-state index is -0.211. The lowest BCUT2D eigenvalue weighted by Crippen LogP contribution is -2.32. The van der Waals surface area contributed by atoms with E-state index in [1.165, 1.54) is 11.3 Å². The van der Waals surface area contributed by atoms with E-state index >= 15 is 0 Å². The summed E-state index contributed by atoms with van der Waals surface area (Å²) in [5.41, 5.74) is 7.12. The molecule has 1 aromatic carbocycles. The summed E-state index contributed by atoms with van der Waals surface area (Å²) in [5, 5.41) is 13.1. The van der Waals surface area contributed by atoms with E-state index in [4.69, 9.17) is 5.73 Å². The smallest absolute Gasteiger partial charge is 0.251 e. The maximum absolute atomic E-state index is 12.2. The van der Waals surface area contributed by atoms with Gasteiger partial charge in [-0.25, -0.2) is 4.98 Å². The minimum Gasteiger partial charge on any atom is -0.393 e. The van der Waals surface area contributed by atoms with E-state index in [-0.39, 0.29) is 12.0 Å². The van der Waals surface area contributed by atoms with Gasteiger partial charge in [-0.1, -0.05) is 17.8 Å². The number of hydrogen-bond donors (Lipinski definition) is 3. The maximum Gasteiger partial charge on any atom is 0.251 e. The first-order valence-corrected chi connectivity index (χ1v) is 8.06. The summed E-state index contributed by atoms with van der Waals surface area (Å²) in [6.45, 7) is 0.624. The molecule has 0 radical (unpaired) electrons. The highest BCUT2D eigenvalue weighted by Crippen LogP contribution is 2.25. The third-order valence-corrected chi connectivity index (χ3v) is 4.82. The number of fused-ring (bicyclic) bond motifs is 1. The van der Waals surface area contributed by atoms with Crippen molar-refractivity contribution in [3.63, 3.8) is 0 Å². The molecule has 1 heterocycles. The molecule has 0 aliphatic heterocycles. The highest BCUT2D eigenvalue weighted by Gasteiger charge is 2.20. The summed E-state index contributed by atoms with van der Waals surface area (Å²) in [6, 6.07) is 5.42. The standard InChI is InChI=1S/C15H19N3O2S/c16-15-18-12-5-4-10(7-13(12)21-15)14(20)17-8-9-2-1-3-11(19)6-9/h4-5,7,9,11,19H,1-3,6,8H2,(H2,16,18)(H,17,20). The van der Waals surface area contributed by atoms with Crippen LogP contribution in [0.15, 0.2) is 18.2 Å². The molecule has 112 valence electrons. The fraction of sp³-hybridized carbons (Fsp3) is 0.467. The Morgan fingerprint density at radius 1 is 1.48 bits per heavy atom. The number of nitrogen functional groups attached to an aromatic ring is 1. The number of nitrogens with one attached hydrogen (secondary N) is 1. The van der Waals surface area contributed by atoms with Crippen molar-refractivity contribution < 1.29 is 9.90 Å². The molecule has 3 rings (SSSR count). The summed E-state index contributed by atoms with van der Waals surface area (Å²) >= 11 is 1.38. The van der Waals surface area contributed by atoms with Gasteiger partial charge in [0.2, 0.25) is 0 Å². The molecule has 2 aromatic rings. The van der Waals surface area contributed by atoms with Crippen LogP contribution in [0.3, 0.4) is 0 Å². The van der Waals surface area contributed by atoms with Gasteiger partial charge in [0.15, 0.2) is 5.13 Å². The van der Waals surface area contributed by atoms with Crippen LogP contribution in [0.5, 0.6) is 0 Å². The molecule has 0 bridgehead atoms. The van der Waals surface area contributed by atoms with Gasteiger partial charge in [0.1, 0.15) is 0 Å². The van der Waals surface area contributed by atoms with Crippen molar-refractivity contribution in [1.29, 1.82) is 0 Å². The molecule has 1 aliphatic rings. The predicted molar refractivity (Wildman–Crippen MR) is 84.3 cm³/mol. The van der Waals surface area contributed by atoms with Crippen LogP contribution >= 0.6 is 11.3 Å². The molecule has 4 N–H and O–H groups in total. The van der Waals surface area contributed by atoms with E-state index in [9.17, 15) is 9.90 Å². The van der Waals surface area contributed by atoms with Crippen LogP contribution in [0.2, 0.25) is 0 Å². The first-order valence-electron chi connectivity index (χ1n) is 7.24. The molecule has 1 amide bonds. The van der Waals surface area contributed by atoms with Crippen molar-refractivity contribution in [2.45, 2.75) is 31.8 Å². The number of nitrogens with zero attached hydrogens (tertiary/aromatic N) is 1. The van der Waals surface area contributed by atoms with E-state index in [2.05, 4.69) is 10.3 Å². The number of rotatable bonds is 3. The van der Waals surface area contributed by atoms with Gasteiger partial charge < -0.3 is 16.2 Å². The van der Waals surface area contributed by atoms with Crippen molar-refractivity contribution in [3.8, 4) is 0 Å². The Labute approximate surface area is 127 Å². The molecule has 6 heteroatoms. The Balaban J connectivity index is 1.63.